The van der Waals surface area contributed by atoms with Gasteiger partial charge in [0.2, 0.25) is 18.1 Å². The molecule has 2 rings (SSSR count). The summed E-state index contributed by atoms with van der Waals surface area (Å²) in [6.45, 7) is 1.60. The molecule has 18 heavy (non-hydrogen) atoms. The van der Waals surface area contributed by atoms with Crippen LogP contribution in [0.3, 0.4) is 0 Å². The Hall–Kier alpha value is -2.36. The maximum atomic E-state index is 12.0. The van der Waals surface area contributed by atoms with E-state index in [-0.39, 0.29) is 18.1 Å². The zero-order valence-electron chi connectivity index (χ0n) is 10.0. The molecule has 90 valence electrons. The van der Waals surface area contributed by atoms with E-state index in [1.54, 1.807) is 29.1 Å². The van der Waals surface area contributed by atoms with Crippen molar-refractivity contribution in [3.05, 3.63) is 60.2 Å². The maximum absolute atomic E-state index is 12.0. The largest absolute Gasteiger partial charge is 0.288 e. The summed E-state index contributed by atoms with van der Waals surface area (Å²) < 4.78 is 1.62. The summed E-state index contributed by atoms with van der Waals surface area (Å²) in [6, 6.07) is 9.01. The van der Waals surface area contributed by atoms with Crippen molar-refractivity contribution in [3.8, 4) is 0 Å². The van der Waals surface area contributed by atoms with E-state index in [1.807, 2.05) is 18.2 Å². The minimum atomic E-state index is -0.107. The summed E-state index contributed by atoms with van der Waals surface area (Å²) in [5.41, 5.74) is 1.07. The Morgan fingerprint density at radius 2 is 1.94 bits per heavy atom. The molecule has 0 saturated heterocycles. The predicted octanol–water partition coefficient (Wildman–Crippen LogP) is 1.45. The van der Waals surface area contributed by atoms with Crippen LogP contribution in [0, 0.1) is 0 Å². The fourth-order valence-electron chi connectivity index (χ4n) is 1.69. The van der Waals surface area contributed by atoms with E-state index in [0.29, 0.717) is 11.3 Å². The monoisotopic (exact) mass is 241 g/mol. The molecule has 1 aromatic heterocycles. The Balaban J connectivity index is 2.25. The molecule has 0 fully saturated rings. The van der Waals surface area contributed by atoms with Gasteiger partial charge in [-0.3, -0.25) is 14.6 Å². The molecule has 0 aliphatic carbocycles. The molecule has 0 saturated carbocycles. The second-order valence-corrected chi connectivity index (χ2v) is 3.93. The van der Waals surface area contributed by atoms with Crippen LogP contribution in [0.2, 0.25) is 0 Å². The van der Waals surface area contributed by atoms with Gasteiger partial charge in [0.05, 0.1) is 6.20 Å². The zero-order chi connectivity index (χ0) is 13.0. The number of rotatable bonds is 4. The van der Waals surface area contributed by atoms with Gasteiger partial charge >= 0.3 is 0 Å². The first-order valence-corrected chi connectivity index (χ1v) is 5.61. The number of aromatic nitrogens is 2. The number of hydrogen-bond acceptors (Lipinski definition) is 3. The smallest absolute Gasteiger partial charge is 0.267 e. The van der Waals surface area contributed by atoms with Gasteiger partial charge < -0.3 is 0 Å². The molecule has 4 nitrogen and oxygen atoms in total. The first-order valence-electron chi connectivity index (χ1n) is 5.61. The summed E-state index contributed by atoms with van der Waals surface area (Å²) in [7, 11) is 0. The van der Waals surface area contributed by atoms with Crippen molar-refractivity contribution in [2.75, 3.05) is 0 Å². The molecule has 0 aliphatic rings. The average Bonchev–Trinajstić information content (AvgIpc) is 2.40. The Labute approximate surface area is 105 Å². The summed E-state index contributed by atoms with van der Waals surface area (Å²) in [5.74, 6) is -0.140. The summed E-state index contributed by atoms with van der Waals surface area (Å²) in [6.07, 6.45) is 4.67. The second kappa shape index (κ2) is 5.31. The van der Waals surface area contributed by atoms with Crippen LogP contribution < -0.4 is 4.57 Å². The number of benzene rings is 1. The van der Waals surface area contributed by atoms with Crippen LogP contribution in [0.25, 0.3) is 0 Å². The van der Waals surface area contributed by atoms with Crippen molar-refractivity contribution in [1.29, 1.82) is 0 Å². The van der Waals surface area contributed by atoms with Gasteiger partial charge in [0.1, 0.15) is 6.20 Å². The Bertz CT molecular complexity index is 579. The summed E-state index contributed by atoms with van der Waals surface area (Å²) in [4.78, 5) is 27.3. The Morgan fingerprint density at radius 1 is 1.22 bits per heavy atom. The second-order valence-electron chi connectivity index (χ2n) is 3.93. The minimum Gasteiger partial charge on any atom is -0.288 e. The van der Waals surface area contributed by atoms with E-state index in [2.05, 4.69) is 4.98 Å². The van der Waals surface area contributed by atoms with Gasteiger partial charge in [0.25, 0.3) is 5.69 Å². The zero-order valence-corrected chi connectivity index (χ0v) is 10.0. The van der Waals surface area contributed by atoms with Crippen molar-refractivity contribution < 1.29 is 14.2 Å². The van der Waals surface area contributed by atoms with Gasteiger partial charge in [-0.05, 0) is 0 Å². The van der Waals surface area contributed by atoms with Crippen molar-refractivity contribution in [1.82, 2.24) is 4.98 Å². The fraction of sp³-hybridized carbons (Fsp3) is 0.143. The highest BCUT2D eigenvalue weighted by Gasteiger charge is 2.19. The number of Topliss-reactive ketones (excluding diaryl/α,β-unsaturated/α-hetero) is 2. The van der Waals surface area contributed by atoms with E-state index >= 15 is 0 Å². The van der Waals surface area contributed by atoms with Gasteiger partial charge in [-0.25, -0.2) is 0 Å². The third-order valence-electron chi connectivity index (χ3n) is 2.61. The number of nitrogens with zero attached hydrogens (tertiary/aromatic N) is 2. The van der Waals surface area contributed by atoms with E-state index in [0.717, 1.165) is 0 Å². The van der Waals surface area contributed by atoms with Gasteiger partial charge in [0, 0.05) is 12.5 Å². The molecule has 4 heteroatoms. The predicted molar refractivity (Wildman–Crippen MR) is 65.2 cm³/mol. The molecule has 1 aromatic carbocycles. The molecular weight excluding hydrogens is 228 g/mol. The van der Waals surface area contributed by atoms with Crippen molar-refractivity contribution in [2.45, 2.75) is 13.5 Å². The highest BCUT2D eigenvalue weighted by molar-refractivity contribution is 5.95. The third kappa shape index (κ3) is 2.66. The Morgan fingerprint density at radius 3 is 2.61 bits per heavy atom. The fourth-order valence-corrected chi connectivity index (χ4v) is 1.69. The molecule has 0 atom stereocenters. The van der Waals surface area contributed by atoms with Crippen LogP contribution in [0.1, 0.15) is 27.8 Å². The number of carbonyl (C=O) groups is 2. The van der Waals surface area contributed by atoms with Crippen LogP contribution in [0.5, 0.6) is 0 Å². The molecule has 0 N–H and O–H groups in total. The third-order valence-corrected chi connectivity index (χ3v) is 2.61. The maximum Gasteiger partial charge on any atom is 0.267 e. The molecule has 0 unspecified atom stereocenters. The van der Waals surface area contributed by atoms with E-state index in [9.17, 15) is 9.59 Å². The summed E-state index contributed by atoms with van der Waals surface area (Å²) in [5, 5.41) is 0. The average molecular weight is 241 g/mol. The lowest BCUT2D eigenvalue weighted by atomic mass is 10.1. The Kier molecular flexibility index (Phi) is 3.57. The van der Waals surface area contributed by atoms with Crippen LogP contribution in [0.15, 0.2) is 48.9 Å². The lowest BCUT2D eigenvalue weighted by Gasteiger charge is -2.00. The van der Waals surface area contributed by atoms with Crippen LogP contribution in [0.4, 0.5) is 0 Å². The van der Waals surface area contributed by atoms with Crippen molar-refractivity contribution in [2.24, 2.45) is 0 Å². The molecule has 2 aromatic rings. The molecule has 0 amide bonds. The van der Waals surface area contributed by atoms with Gasteiger partial charge in [-0.15, -0.1) is 0 Å². The molecule has 0 radical (unpaired) electrons. The van der Waals surface area contributed by atoms with Crippen LogP contribution in [-0.4, -0.2) is 16.6 Å². The SMILES string of the molecule is CC(=O)c1cncc[n+]1CC(=O)c1ccccc1. The van der Waals surface area contributed by atoms with Crippen molar-refractivity contribution >= 4 is 11.6 Å². The quantitative estimate of drug-likeness (QED) is 0.601. The van der Waals surface area contributed by atoms with Gasteiger partial charge in [-0.1, -0.05) is 30.3 Å². The first-order chi connectivity index (χ1) is 8.68. The van der Waals surface area contributed by atoms with E-state index in [4.69, 9.17) is 0 Å². The number of carbonyl (C=O) groups excluding carboxylic acids is 2. The van der Waals surface area contributed by atoms with Gasteiger partial charge in [0.15, 0.2) is 6.20 Å². The molecule has 0 aliphatic heterocycles. The molecule has 0 bridgehead atoms. The first kappa shape index (κ1) is 12.1. The van der Waals surface area contributed by atoms with Crippen molar-refractivity contribution in [3.63, 3.8) is 0 Å². The van der Waals surface area contributed by atoms with Crippen LogP contribution >= 0.6 is 0 Å². The molecular formula is C14H13N2O2+. The number of ketones is 2. The topological polar surface area (TPSA) is 50.9 Å². The minimum absolute atomic E-state index is 0.0331. The molecule has 0 spiro atoms. The van der Waals surface area contributed by atoms with E-state index in [1.165, 1.54) is 13.1 Å². The van der Waals surface area contributed by atoms with Crippen LogP contribution in [-0.2, 0) is 6.54 Å². The standard InChI is InChI=1S/C14H13N2O2/c1-11(17)13-9-15-7-8-16(13)10-14(18)12-5-3-2-4-6-12/h2-9H,10H2,1H3/q+1. The highest BCUT2D eigenvalue weighted by atomic mass is 16.1. The normalized spacial score (nSPS) is 10.1. The molecule has 1 heterocycles. The lowest BCUT2D eigenvalue weighted by molar-refractivity contribution is -0.685. The van der Waals surface area contributed by atoms with Gasteiger partial charge in [-0.2, -0.15) is 4.57 Å². The number of hydrogen-bond donors (Lipinski definition) is 0. The summed E-state index contributed by atoms with van der Waals surface area (Å²) >= 11 is 0. The lowest BCUT2D eigenvalue weighted by Crippen LogP contribution is -2.43. The highest BCUT2D eigenvalue weighted by Crippen LogP contribution is 2.00. The van der Waals surface area contributed by atoms with E-state index < -0.39 is 0 Å².